The maximum Gasteiger partial charge on any atom is 0.416 e. The van der Waals surface area contributed by atoms with Gasteiger partial charge in [-0.3, -0.25) is 4.79 Å². The van der Waals surface area contributed by atoms with Gasteiger partial charge in [0, 0.05) is 19.5 Å². The van der Waals surface area contributed by atoms with E-state index in [0.29, 0.717) is 18.0 Å². The molecule has 1 aromatic carbocycles. The number of hydrogen-bond acceptors (Lipinski definition) is 1. The van der Waals surface area contributed by atoms with Crippen LogP contribution < -0.4 is 0 Å². The van der Waals surface area contributed by atoms with E-state index in [1.807, 2.05) is 0 Å². The number of amides is 1. The number of alkyl halides is 4. The molecule has 0 aliphatic rings. The van der Waals surface area contributed by atoms with E-state index in [-0.39, 0.29) is 12.3 Å². The highest BCUT2D eigenvalue weighted by molar-refractivity contribution is 6.17. The molecule has 1 aromatic rings. The van der Waals surface area contributed by atoms with Gasteiger partial charge in [0.25, 0.3) is 0 Å². The molecule has 0 aliphatic heterocycles. The second kappa shape index (κ2) is 8.27. The number of halogens is 4. The molecule has 0 fully saturated rings. The molecule has 0 aliphatic carbocycles. The zero-order valence-electron chi connectivity index (χ0n) is 11.9. The maximum atomic E-state index is 12.4. The van der Waals surface area contributed by atoms with Crippen LogP contribution in [0.2, 0.25) is 0 Å². The summed E-state index contributed by atoms with van der Waals surface area (Å²) in [5.74, 6) is 0.518. The van der Waals surface area contributed by atoms with Gasteiger partial charge in [-0.15, -0.1) is 11.6 Å². The van der Waals surface area contributed by atoms with E-state index in [9.17, 15) is 18.0 Å². The number of rotatable bonds is 7. The molecule has 0 saturated heterocycles. The van der Waals surface area contributed by atoms with Gasteiger partial charge in [-0.05, 0) is 30.5 Å². The molecule has 6 heteroatoms. The number of likely N-dealkylation sites (N-methyl/N-ethyl adjacent to an activating group) is 1. The molecule has 0 spiro atoms. The van der Waals surface area contributed by atoms with Crippen LogP contribution in [0.5, 0.6) is 0 Å². The first-order valence-electron chi connectivity index (χ1n) is 6.80. The first-order valence-corrected chi connectivity index (χ1v) is 7.34. The van der Waals surface area contributed by atoms with Gasteiger partial charge in [0.05, 0.1) is 12.0 Å². The van der Waals surface area contributed by atoms with Crippen molar-refractivity contribution in [3.05, 3.63) is 35.4 Å². The molecule has 0 aromatic heterocycles. The highest BCUT2D eigenvalue weighted by Gasteiger charge is 2.29. The van der Waals surface area contributed by atoms with Gasteiger partial charge in [-0.25, -0.2) is 0 Å². The van der Waals surface area contributed by atoms with Crippen LogP contribution >= 0.6 is 11.6 Å². The number of carbonyl (C=O) groups excluding carboxylic acids is 1. The Morgan fingerprint density at radius 3 is 2.29 bits per heavy atom. The van der Waals surface area contributed by atoms with Gasteiger partial charge in [0.15, 0.2) is 0 Å². The molecule has 0 bridgehead atoms. The SMILES string of the molecule is CN(CCCCCCl)C(=O)Cc1ccc(C(F)(F)F)cc1. The molecule has 0 N–H and O–H groups in total. The van der Waals surface area contributed by atoms with Crippen LogP contribution in [-0.2, 0) is 17.4 Å². The van der Waals surface area contributed by atoms with E-state index in [1.165, 1.54) is 12.1 Å². The van der Waals surface area contributed by atoms with Crippen LogP contribution in [0, 0.1) is 0 Å². The van der Waals surface area contributed by atoms with Crippen molar-refractivity contribution in [3.8, 4) is 0 Å². The van der Waals surface area contributed by atoms with E-state index in [1.54, 1.807) is 11.9 Å². The number of unbranched alkanes of at least 4 members (excludes halogenated alkanes) is 2. The Balaban J connectivity index is 2.47. The van der Waals surface area contributed by atoms with E-state index in [4.69, 9.17) is 11.6 Å². The lowest BCUT2D eigenvalue weighted by Crippen LogP contribution is -2.29. The van der Waals surface area contributed by atoms with E-state index in [0.717, 1.165) is 31.4 Å². The maximum absolute atomic E-state index is 12.4. The van der Waals surface area contributed by atoms with Crippen molar-refractivity contribution >= 4 is 17.5 Å². The van der Waals surface area contributed by atoms with Gasteiger partial charge in [0.2, 0.25) is 5.91 Å². The Morgan fingerprint density at radius 1 is 1.14 bits per heavy atom. The Bertz CT molecular complexity index is 445. The zero-order valence-corrected chi connectivity index (χ0v) is 12.7. The largest absolute Gasteiger partial charge is 0.416 e. The van der Waals surface area contributed by atoms with E-state index >= 15 is 0 Å². The second-order valence-corrected chi connectivity index (χ2v) is 5.31. The summed E-state index contributed by atoms with van der Waals surface area (Å²) in [4.78, 5) is 13.5. The average molecular weight is 322 g/mol. The predicted molar refractivity (Wildman–Crippen MR) is 77.4 cm³/mol. The fourth-order valence-corrected chi connectivity index (χ4v) is 2.06. The third-order valence-corrected chi connectivity index (χ3v) is 3.46. The molecular formula is C15H19ClF3NO. The van der Waals surface area contributed by atoms with Gasteiger partial charge in [-0.1, -0.05) is 18.6 Å². The van der Waals surface area contributed by atoms with Gasteiger partial charge in [-0.2, -0.15) is 13.2 Å². The van der Waals surface area contributed by atoms with Crippen LogP contribution in [-0.4, -0.2) is 30.3 Å². The average Bonchev–Trinajstić information content (AvgIpc) is 2.43. The van der Waals surface area contributed by atoms with Crippen molar-refractivity contribution < 1.29 is 18.0 Å². The van der Waals surface area contributed by atoms with Gasteiger partial charge >= 0.3 is 6.18 Å². The quantitative estimate of drug-likeness (QED) is 0.546. The fraction of sp³-hybridized carbons (Fsp3) is 0.533. The number of hydrogen-bond donors (Lipinski definition) is 0. The van der Waals surface area contributed by atoms with Crippen LogP contribution in [0.3, 0.4) is 0 Å². The minimum Gasteiger partial charge on any atom is -0.345 e. The lowest BCUT2D eigenvalue weighted by Gasteiger charge is -2.17. The Labute approximate surface area is 127 Å². The fourth-order valence-electron chi connectivity index (χ4n) is 1.87. The Hall–Kier alpha value is -1.23. The molecule has 118 valence electrons. The standard InChI is InChI=1S/C15H19ClF3NO/c1-20(10-4-2-3-9-16)14(21)11-12-5-7-13(8-6-12)15(17,18)19/h5-8H,2-4,9-11H2,1H3. The lowest BCUT2D eigenvalue weighted by atomic mass is 10.1. The van der Waals surface area contributed by atoms with Gasteiger partial charge < -0.3 is 4.90 Å². The van der Waals surface area contributed by atoms with Crippen molar-refractivity contribution in [1.29, 1.82) is 0 Å². The molecule has 0 saturated carbocycles. The highest BCUT2D eigenvalue weighted by atomic mass is 35.5. The van der Waals surface area contributed by atoms with Gasteiger partial charge in [0.1, 0.15) is 0 Å². The third kappa shape index (κ3) is 6.38. The van der Waals surface area contributed by atoms with Crippen molar-refractivity contribution in [1.82, 2.24) is 4.90 Å². The Morgan fingerprint density at radius 2 is 1.76 bits per heavy atom. The lowest BCUT2D eigenvalue weighted by molar-refractivity contribution is -0.137. The first-order chi connectivity index (χ1) is 9.84. The Kier molecular flexibility index (Phi) is 7.02. The number of benzene rings is 1. The summed E-state index contributed by atoms with van der Waals surface area (Å²) in [6, 6.07) is 4.70. The molecule has 0 unspecified atom stereocenters. The summed E-state index contributed by atoms with van der Waals surface area (Å²) >= 11 is 5.57. The summed E-state index contributed by atoms with van der Waals surface area (Å²) in [6.07, 6.45) is -1.47. The summed E-state index contributed by atoms with van der Waals surface area (Å²) < 4.78 is 37.3. The normalized spacial score (nSPS) is 11.5. The molecule has 1 rings (SSSR count). The topological polar surface area (TPSA) is 20.3 Å². The minimum atomic E-state index is -4.35. The summed E-state index contributed by atoms with van der Waals surface area (Å²) in [6.45, 7) is 0.635. The molecule has 0 heterocycles. The van der Waals surface area contributed by atoms with Crippen LogP contribution in [0.25, 0.3) is 0 Å². The molecule has 2 nitrogen and oxygen atoms in total. The predicted octanol–water partition coefficient (Wildman–Crippen LogP) is 4.12. The molecule has 21 heavy (non-hydrogen) atoms. The summed E-state index contributed by atoms with van der Waals surface area (Å²) in [5.41, 5.74) is -0.117. The van der Waals surface area contributed by atoms with Crippen molar-refractivity contribution in [3.63, 3.8) is 0 Å². The summed E-state index contributed by atoms with van der Waals surface area (Å²) in [5, 5.41) is 0. The van der Waals surface area contributed by atoms with Crippen molar-refractivity contribution in [2.45, 2.75) is 31.9 Å². The van der Waals surface area contributed by atoms with E-state index < -0.39 is 11.7 Å². The van der Waals surface area contributed by atoms with Crippen molar-refractivity contribution in [2.75, 3.05) is 19.5 Å². The zero-order chi connectivity index (χ0) is 15.9. The van der Waals surface area contributed by atoms with E-state index in [2.05, 4.69) is 0 Å². The third-order valence-electron chi connectivity index (χ3n) is 3.19. The highest BCUT2D eigenvalue weighted by Crippen LogP contribution is 2.29. The minimum absolute atomic E-state index is 0.0966. The molecule has 0 atom stereocenters. The second-order valence-electron chi connectivity index (χ2n) is 4.94. The first kappa shape index (κ1) is 17.8. The summed E-state index contributed by atoms with van der Waals surface area (Å²) in [7, 11) is 1.70. The smallest absolute Gasteiger partial charge is 0.345 e. The number of nitrogens with zero attached hydrogens (tertiary/aromatic N) is 1. The van der Waals surface area contributed by atoms with Crippen molar-refractivity contribution in [2.24, 2.45) is 0 Å². The molecule has 1 amide bonds. The molecule has 0 radical (unpaired) electrons. The van der Waals surface area contributed by atoms with Crippen LogP contribution in [0.15, 0.2) is 24.3 Å². The number of carbonyl (C=O) groups is 1. The van der Waals surface area contributed by atoms with Crippen LogP contribution in [0.4, 0.5) is 13.2 Å². The monoisotopic (exact) mass is 321 g/mol. The molecular weight excluding hydrogens is 303 g/mol. The van der Waals surface area contributed by atoms with Crippen LogP contribution in [0.1, 0.15) is 30.4 Å².